The van der Waals surface area contributed by atoms with Crippen LogP contribution in [0.5, 0.6) is 0 Å². The van der Waals surface area contributed by atoms with Crippen LogP contribution in [0.2, 0.25) is 0 Å². The van der Waals surface area contributed by atoms with Crippen LogP contribution in [0, 0.1) is 10.7 Å². The zero-order valence-electron chi connectivity index (χ0n) is 23.3. The van der Waals surface area contributed by atoms with E-state index in [1.54, 1.807) is 67.8 Å². The van der Waals surface area contributed by atoms with Gasteiger partial charge in [0.1, 0.15) is 51.8 Å². The number of carboxylic acids is 1. The fourth-order valence-electron chi connectivity index (χ4n) is 3.14. The third kappa shape index (κ3) is 12.2. The lowest BCUT2D eigenvalue weighted by atomic mass is 10.0. The normalized spacial score (nSPS) is 11.0. The second-order valence-corrected chi connectivity index (χ2v) is 11.6. The topological polar surface area (TPSA) is 211 Å². The predicted octanol–water partition coefficient (Wildman–Crippen LogP) is 0.821. The molecule has 0 aliphatic carbocycles. The number of halogens is 3. The van der Waals surface area contributed by atoms with E-state index in [1.807, 2.05) is 0 Å². The molecule has 0 spiro atoms. The van der Waals surface area contributed by atoms with E-state index >= 15 is 0 Å². The van der Waals surface area contributed by atoms with E-state index < -0.39 is 80.9 Å². The molecule has 0 aliphatic rings. The molecule has 0 radical (unpaired) electrons. The quantitative estimate of drug-likeness (QED) is 0.106. The van der Waals surface area contributed by atoms with Crippen molar-refractivity contribution in [3.05, 3.63) is 21.8 Å². The number of benzene rings is 1. The summed E-state index contributed by atoms with van der Waals surface area (Å²) in [5.74, 6) is -5.52. The van der Waals surface area contributed by atoms with Crippen molar-refractivity contribution in [2.75, 3.05) is 80.0 Å². The summed E-state index contributed by atoms with van der Waals surface area (Å²) >= 11 is 5.18. The number of aromatic carboxylic acids is 1. The van der Waals surface area contributed by atoms with E-state index in [-0.39, 0.29) is 34.1 Å². The third-order valence-electron chi connectivity index (χ3n) is 4.99. The Morgan fingerprint density at radius 3 is 1.42 bits per heavy atom. The highest BCUT2D eigenvalue weighted by Crippen LogP contribution is 2.36. The molecule has 0 fully saturated rings. The Balaban J connectivity index is 3.74. The molecule has 0 atom stereocenters. The Bertz CT molecular complexity index is 1160. The standard InChI is InChI=1S/C24H29I3N2O14/c1-37-5-12(30)28-21-19(26)16(18(25)17(20(21)27)23(35)36)22(34)29-24(9-41-13(31)6-38-2,10-42-14(32)7-39-3)11-43-15(33)8-40-4/h5-11H2,1-4H3,(H,28,30)(H,29,34)(H,35,36). The van der Waals surface area contributed by atoms with Gasteiger partial charge in [0.15, 0.2) is 0 Å². The van der Waals surface area contributed by atoms with Crippen LogP contribution in [-0.2, 0) is 52.3 Å². The molecule has 0 saturated carbocycles. The Morgan fingerprint density at radius 2 is 1.05 bits per heavy atom. The van der Waals surface area contributed by atoms with Gasteiger partial charge in [-0.2, -0.15) is 0 Å². The molecular formula is C24H29I3N2O14. The van der Waals surface area contributed by atoms with Gasteiger partial charge in [-0.25, -0.2) is 19.2 Å². The van der Waals surface area contributed by atoms with Gasteiger partial charge in [0.2, 0.25) is 5.91 Å². The van der Waals surface area contributed by atoms with Gasteiger partial charge in [0.25, 0.3) is 5.91 Å². The van der Waals surface area contributed by atoms with Crippen LogP contribution in [-0.4, -0.2) is 121 Å². The number of hydrogen-bond donors (Lipinski definition) is 3. The molecule has 0 saturated heterocycles. The zero-order chi connectivity index (χ0) is 32.7. The number of esters is 3. The highest BCUT2D eigenvalue weighted by molar-refractivity contribution is 14.1. The highest BCUT2D eigenvalue weighted by atomic mass is 127. The number of nitrogens with one attached hydrogen (secondary N) is 2. The van der Waals surface area contributed by atoms with Gasteiger partial charge in [0.05, 0.1) is 24.0 Å². The number of carbonyl (C=O) groups excluding carboxylic acids is 5. The molecular weight excluding hydrogens is 921 g/mol. The Kier molecular flexibility index (Phi) is 17.7. The SMILES string of the molecule is COCC(=O)Nc1c(I)c(C(=O)O)c(I)c(C(=O)NC(COC(=O)COC)(COC(=O)COC)COC(=O)COC)c1I. The lowest BCUT2D eigenvalue weighted by molar-refractivity contribution is -0.161. The minimum Gasteiger partial charge on any atom is -0.478 e. The van der Waals surface area contributed by atoms with E-state index in [0.717, 1.165) is 0 Å². The molecule has 3 N–H and O–H groups in total. The second kappa shape index (κ2) is 19.5. The number of hydrogen-bond acceptors (Lipinski definition) is 13. The summed E-state index contributed by atoms with van der Waals surface area (Å²) in [5.41, 5.74) is -2.34. The molecule has 240 valence electrons. The van der Waals surface area contributed by atoms with Crippen molar-refractivity contribution in [2.45, 2.75) is 5.54 Å². The summed E-state index contributed by atoms with van der Waals surface area (Å²) in [6.07, 6.45) is 0. The van der Waals surface area contributed by atoms with Gasteiger partial charge >= 0.3 is 23.9 Å². The first kappa shape index (κ1) is 39.1. The first-order valence-corrected chi connectivity index (χ1v) is 15.0. The van der Waals surface area contributed by atoms with Crippen LogP contribution >= 0.6 is 67.8 Å². The summed E-state index contributed by atoms with van der Waals surface area (Å²) in [7, 11) is 5.04. The molecule has 16 nitrogen and oxygen atoms in total. The molecule has 1 aromatic carbocycles. The van der Waals surface area contributed by atoms with Gasteiger partial charge in [-0.3, -0.25) is 9.59 Å². The fraction of sp³-hybridized carbons (Fsp3) is 0.500. The number of methoxy groups -OCH3 is 4. The van der Waals surface area contributed by atoms with Crippen LogP contribution in [0.1, 0.15) is 20.7 Å². The second-order valence-electron chi connectivity index (χ2n) is 8.37. The fourth-order valence-corrected chi connectivity index (χ4v) is 7.53. The first-order chi connectivity index (χ1) is 20.3. The van der Waals surface area contributed by atoms with Gasteiger partial charge in [0, 0.05) is 32.0 Å². The molecule has 0 heterocycles. The van der Waals surface area contributed by atoms with Crippen molar-refractivity contribution < 1.29 is 67.0 Å². The van der Waals surface area contributed by atoms with Crippen molar-refractivity contribution in [3.63, 3.8) is 0 Å². The van der Waals surface area contributed by atoms with Crippen LogP contribution < -0.4 is 10.6 Å². The van der Waals surface area contributed by atoms with E-state index in [4.69, 9.17) is 33.2 Å². The number of carbonyl (C=O) groups is 6. The summed E-state index contributed by atoms with van der Waals surface area (Å²) < 4.78 is 35.0. The van der Waals surface area contributed by atoms with Crippen molar-refractivity contribution in [2.24, 2.45) is 0 Å². The van der Waals surface area contributed by atoms with Crippen LogP contribution in [0.25, 0.3) is 0 Å². The zero-order valence-corrected chi connectivity index (χ0v) is 29.8. The largest absolute Gasteiger partial charge is 0.478 e. The van der Waals surface area contributed by atoms with E-state index in [0.29, 0.717) is 0 Å². The van der Waals surface area contributed by atoms with Gasteiger partial charge in [-0.1, -0.05) is 0 Å². The lowest BCUT2D eigenvalue weighted by Gasteiger charge is -2.33. The van der Waals surface area contributed by atoms with E-state index in [9.17, 15) is 33.9 Å². The number of anilines is 1. The molecule has 0 aliphatic heterocycles. The van der Waals surface area contributed by atoms with Gasteiger partial charge in [-0.15, -0.1) is 0 Å². The van der Waals surface area contributed by atoms with Crippen LogP contribution in [0.4, 0.5) is 5.69 Å². The third-order valence-corrected chi connectivity index (χ3v) is 8.23. The maximum absolute atomic E-state index is 13.9. The average Bonchev–Trinajstić information content (AvgIpc) is 2.92. The number of amides is 2. The average molecular weight is 950 g/mol. The molecule has 1 rings (SSSR count). The first-order valence-electron chi connectivity index (χ1n) is 11.8. The smallest absolute Gasteiger partial charge is 0.337 e. The van der Waals surface area contributed by atoms with Gasteiger partial charge in [-0.05, 0) is 67.8 Å². The monoisotopic (exact) mass is 950 g/mol. The molecule has 0 unspecified atom stereocenters. The molecule has 0 bridgehead atoms. The highest BCUT2D eigenvalue weighted by Gasteiger charge is 2.40. The number of ether oxygens (including phenoxy) is 7. The summed E-state index contributed by atoms with van der Waals surface area (Å²) in [6.45, 7) is -3.77. The van der Waals surface area contributed by atoms with Gasteiger partial charge < -0.3 is 48.9 Å². The summed E-state index contributed by atoms with van der Waals surface area (Å²) in [5, 5.41) is 15.1. The number of rotatable bonds is 18. The molecule has 2 amide bonds. The van der Waals surface area contributed by atoms with Crippen molar-refractivity contribution in [1.82, 2.24) is 5.32 Å². The number of carboxylic acid groups (broad SMARTS) is 1. The summed E-state index contributed by atoms with van der Waals surface area (Å²) in [4.78, 5) is 74.9. The molecule has 0 aromatic heterocycles. The van der Waals surface area contributed by atoms with E-state index in [1.165, 1.54) is 28.4 Å². The van der Waals surface area contributed by atoms with Crippen molar-refractivity contribution in [3.8, 4) is 0 Å². The van der Waals surface area contributed by atoms with Crippen LogP contribution in [0.15, 0.2) is 0 Å². The lowest BCUT2D eigenvalue weighted by Crippen LogP contribution is -2.59. The van der Waals surface area contributed by atoms with Crippen molar-refractivity contribution in [1.29, 1.82) is 0 Å². The minimum absolute atomic E-state index is 0.000765. The molecule has 1 aromatic rings. The van der Waals surface area contributed by atoms with E-state index in [2.05, 4.69) is 10.6 Å². The molecule has 19 heteroatoms. The molecule has 43 heavy (non-hydrogen) atoms. The Labute approximate surface area is 286 Å². The Morgan fingerprint density at radius 1 is 0.651 bits per heavy atom. The Hall–Kier alpha value is -1.93. The summed E-state index contributed by atoms with van der Waals surface area (Å²) in [6, 6.07) is 0. The maximum atomic E-state index is 13.9. The predicted molar refractivity (Wildman–Crippen MR) is 171 cm³/mol. The maximum Gasteiger partial charge on any atom is 0.337 e. The van der Waals surface area contributed by atoms with Crippen molar-refractivity contribution >= 4 is 109 Å². The van der Waals surface area contributed by atoms with Crippen LogP contribution in [0.3, 0.4) is 0 Å². The minimum atomic E-state index is -1.90.